The lowest BCUT2D eigenvalue weighted by molar-refractivity contribution is -0.142. The highest BCUT2D eigenvalue weighted by atomic mass is 32.1. The van der Waals surface area contributed by atoms with Crippen molar-refractivity contribution in [2.45, 2.75) is 25.6 Å². The van der Waals surface area contributed by atoms with Crippen molar-refractivity contribution >= 4 is 23.2 Å². The first kappa shape index (κ1) is 19.2. The molecule has 2 heterocycles. The van der Waals surface area contributed by atoms with Gasteiger partial charge in [-0.15, -0.1) is 11.3 Å². The SMILES string of the molecule is COc1ccccc1CN(Cc1cccs1)C(=O)C1Cc2ccccc2C(=O)O1. The van der Waals surface area contributed by atoms with E-state index in [1.807, 2.05) is 53.9 Å². The first-order valence-electron chi connectivity index (χ1n) is 9.37. The normalized spacial score (nSPS) is 15.3. The van der Waals surface area contributed by atoms with Gasteiger partial charge < -0.3 is 14.4 Å². The van der Waals surface area contributed by atoms with Gasteiger partial charge in [-0.05, 0) is 29.1 Å². The van der Waals surface area contributed by atoms with Gasteiger partial charge in [0, 0.05) is 23.4 Å². The van der Waals surface area contributed by atoms with Gasteiger partial charge in [0.1, 0.15) is 5.75 Å². The summed E-state index contributed by atoms with van der Waals surface area (Å²) in [4.78, 5) is 28.6. The Morgan fingerprint density at radius 1 is 1.10 bits per heavy atom. The molecule has 1 aromatic heterocycles. The number of thiophene rings is 1. The van der Waals surface area contributed by atoms with Gasteiger partial charge in [-0.2, -0.15) is 0 Å². The van der Waals surface area contributed by atoms with E-state index in [0.717, 1.165) is 21.8 Å². The Labute approximate surface area is 173 Å². The molecule has 148 valence electrons. The van der Waals surface area contributed by atoms with Crippen LogP contribution in [0.1, 0.15) is 26.4 Å². The minimum atomic E-state index is -0.827. The number of cyclic esters (lactones) is 1. The van der Waals surface area contributed by atoms with Crippen molar-refractivity contribution in [1.29, 1.82) is 0 Å². The first-order chi connectivity index (χ1) is 14.2. The molecule has 29 heavy (non-hydrogen) atoms. The Bertz CT molecular complexity index is 1020. The third-order valence-corrected chi connectivity index (χ3v) is 5.82. The number of methoxy groups -OCH3 is 1. The molecule has 1 aliphatic rings. The Morgan fingerprint density at radius 2 is 1.90 bits per heavy atom. The number of amides is 1. The zero-order chi connectivity index (χ0) is 20.2. The van der Waals surface area contributed by atoms with Crippen LogP contribution in [0.15, 0.2) is 66.0 Å². The molecule has 0 radical (unpaired) electrons. The molecular formula is C23H21NO4S. The minimum Gasteiger partial charge on any atom is -0.496 e. The lowest BCUT2D eigenvalue weighted by Gasteiger charge is -2.30. The molecule has 4 rings (SSSR count). The van der Waals surface area contributed by atoms with Crippen LogP contribution in [0, 0.1) is 0 Å². The van der Waals surface area contributed by atoms with Gasteiger partial charge in [0.2, 0.25) is 0 Å². The number of esters is 1. The number of carbonyl (C=O) groups excluding carboxylic acids is 2. The summed E-state index contributed by atoms with van der Waals surface area (Å²) in [6.45, 7) is 0.820. The Kier molecular flexibility index (Phi) is 5.62. The number of para-hydroxylation sites is 1. The summed E-state index contributed by atoms with van der Waals surface area (Å²) in [5, 5.41) is 1.98. The van der Waals surface area contributed by atoms with Crippen LogP contribution >= 0.6 is 11.3 Å². The van der Waals surface area contributed by atoms with Crippen molar-refractivity contribution in [3.05, 3.63) is 87.6 Å². The second kappa shape index (κ2) is 8.49. The maximum Gasteiger partial charge on any atom is 0.339 e. The number of hydrogen-bond acceptors (Lipinski definition) is 5. The lowest BCUT2D eigenvalue weighted by atomic mass is 9.98. The highest BCUT2D eigenvalue weighted by Gasteiger charge is 2.34. The van der Waals surface area contributed by atoms with Crippen LogP contribution in [0.2, 0.25) is 0 Å². The third kappa shape index (κ3) is 4.17. The van der Waals surface area contributed by atoms with Crippen LogP contribution in [-0.4, -0.2) is 30.0 Å². The average Bonchev–Trinajstić information content (AvgIpc) is 3.26. The topological polar surface area (TPSA) is 55.8 Å². The predicted octanol–water partition coefficient (Wildman–Crippen LogP) is 4.07. The molecule has 1 aliphatic heterocycles. The molecule has 5 nitrogen and oxygen atoms in total. The zero-order valence-corrected chi connectivity index (χ0v) is 16.9. The van der Waals surface area contributed by atoms with Crippen LogP contribution in [-0.2, 0) is 29.0 Å². The molecule has 0 aliphatic carbocycles. The van der Waals surface area contributed by atoms with Crippen LogP contribution in [0.5, 0.6) is 5.75 Å². The molecule has 1 amide bonds. The van der Waals surface area contributed by atoms with E-state index in [9.17, 15) is 9.59 Å². The molecule has 3 aromatic rings. The largest absolute Gasteiger partial charge is 0.496 e. The number of carbonyl (C=O) groups is 2. The Hall–Kier alpha value is -3.12. The molecular weight excluding hydrogens is 386 g/mol. The van der Waals surface area contributed by atoms with Crippen molar-refractivity contribution in [3.63, 3.8) is 0 Å². The highest BCUT2D eigenvalue weighted by molar-refractivity contribution is 7.09. The van der Waals surface area contributed by atoms with Crippen LogP contribution in [0.25, 0.3) is 0 Å². The number of rotatable bonds is 6. The number of nitrogens with zero attached hydrogens (tertiary/aromatic N) is 1. The van der Waals surface area contributed by atoms with Crippen LogP contribution < -0.4 is 4.74 Å². The fourth-order valence-electron chi connectivity index (χ4n) is 3.51. The number of hydrogen-bond donors (Lipinski definition) is 0. The summed E-state index contributed by atoms with van der Waals surface area (Å²) < 4.78 is 11.0. The smallest absolute Gasteiger partial charge is 0.339 e. The van der Waals surface area contributed by atoms with Crippen molar-refractivity contribution in [2.75, 3.05) is 7.11 Å². The highest BCUT2D eigenvalue weighted by Crippen LogP contribution is 2.26. The van der Waals surface area contributed by atoms with Crippen molar-refractivity contribution in [1.82, 2.24) is 4.90 Å². The maximum atomic E-state index is 13.4. The third-order valence-electron chi connectivity index (χ3n) is 4.96. The van der Waals surface area contributed by atoms with Crippen molar-refractivity contribution < 1.29 is 19.1 Å². The minimum absolute atomic E-state index is 0.202. The summed E-state index contributed by atoms with van der Waals surface area (Å²) >= 11 is 1.59. The van der Waals surface area contributed by atoms with Crippen molar-refractivity contribution in [3.8, 4) is 5.75 Å². The lowest BCUT2D eigenvalue weighted by Crippen LogP contribution is -2.43. The summed E-state index contributed by atoms with van der Waals surface area (Å²) in [6.07, 6.45) is -0.444. The molecule has 2 aromatic carbocycles. The van der Waals surface area contributed by atoms with E-state index >= 15 is 0 Å². The molecule has 1 unspecified atom stereocenters. The Balaban J connectivity index is 1.60. The van der Waals surface area contributed by atoms with E-state index in [1.165, 1.54) is 0 Å². The van der Waals surface area contributed by atoms with Crippen LogP contribution in [0.3, 0.4) is 0 Å². The quantitative estimate of drug-likeness (QED) is 0.578. The number of ether oxygens (including phenoxy) is 2. The van der Waals surface area contributed by atoms with Gasteiger partial charge >= 0.3 is 5.97 Å². The summed E-state index contributed by atoms with van der Waals surface area (Å²) in [7, 11) is 1.62. The van der Waals surface area contributed by atoms with E-state index in [2.05, 4.69) is 0 Å². The molecule has 0 saturated carbocycles. The van der Waals surface area contributed by atoms with E-state index < -0.39 is 12.1 Å². The summed E-state index contributed by atoms with van der Waals surface area (Å²) in [5.41, 5.74) is 2.28. The van der Waals surface area contributed by atoms with Crippen LogP contribution in [0.4, 0.5) is 0 Å². The molecule has 6 heteroatoms. The van der Waals surface area contributed by atoms with Gasteiger partial charge in [0.25, 0.3) is 5.91 Å². The van der Waals surface area contributed by atoms with E-state index in [-0.39, 0.29) is 5.91 Å². The van der Waals surface area contributed by atoms with Gasteiger partial charge in [-0.25, -0.2) is 4.79 Å². The Morgan fingerprint density at radius 3 is 2.69 bits per heavy atom. The maximum absolute atomic E-state index is 13.4. The summed E-state index contributed by atoms with van der Waals surface area (Å²) in [6, 6.07) is 18.9. The first-order valence-corrected chi connectivity index (χ1v) is 10.3. The molecule has 0 saturated heterocycles. The fourth-order valence-corrected chi connectivity index (χ4v) is 4.23. The fraction of sp³-hybridized carbons (Fsp3) is 0.217. The number of benzene rings is 2. The molecule has 1 atom stereocenters. The van der Waals surface area contributed by atoms with E-state index in [0.29, 0.717) is 25.1 Å². The van der Waals surface area contributed by atoms with Gasteiger partial charge in [0.15, 0.2) is 6.10 Å². The van der Waals surface area contributed by atoms with Gasteiger partial charge in [0.05, 0.1) is 19.2 Å². The second-order valence-electron chi connectivity index (χ2n) is 6.84. The molecule has 0 fully saturated rings. The zero-order valence-electron chi connectivity index (χ0n) is 16.0. The van der Waals surface area contributed by atoms with Gasteiger partial charge in [-0.1, -0.05) is 42.5 Å². The van der Waals surface area contributed by atoms with E-state index in [1.54, 1.807) is 35.5 Å². The molecule has 0 bridgehead atoms. The molecule has 0 spiro atoms. The van der Waals surface area contributed by atoms with Gasteiger partial charge in [-0.3, -0.25) is 4.79 Å². The van der Waals surface area contributed by atoms with E-state index in [4.69, 9.17) is 9.47 Å². The standard InChI is InChI=1S/C23H21NO4S/c1-27-20-11-5-3-8-17(20)14-24(15-18-9-6-12-29-18)22(25)21-13-16-7-2-4-10-19(16)23(26)28-21/h2-12,21H,13-15H2,1H3. The summed E-state index contributed by atoms with van der Waals surface area (Å²) in [5.74, 6) is 0.0770. The second-order valence-corrected chi connectivity index (χ2v) is 7.87. The molecule has 0 N–H and O–H groups in total. The predicted molar refractivity (Wildman–Crippen MR) is 111 cm³/mol. The number of fused-ring (bicyclic) bond motifs is 1. The monoisotopic (exact) mass is 407 g/mol. The van der Waals surface area contributed by atoms with Crippen molar-refractivity contribution in [2.24, 2.45) is 0 Å². The average molecular weight is 407 g/mol.